The molecule has 0 radical (unpaired) electrons. The van der Waals surface area contributed by atoms with Gasteiger partial charge in [-0.15, -0.1) is 0 Å². The third-order valence-electron chi connectivity index (χ3n) is 7.32. The summed E-state index contributed by atoms with van der Waals surface area (Å²) in [5, 5.41) is 0. The molecule has 0 aromatic heterocycles. The van der Waals surface area contributed by atoms with Crippen molar-refractivity contribution in [2.45, 2.75) is 106 Å². The monoisotopic (exact) mass is 516 g/mol. The summed E-state index contributed by atoms with van der Waals surface area (Å²) in [7, 11) is 0. The first kappa shape index (κ1) is 29.2. The Balaban J connectivity index is 0.00000137. The van der Waals surface area contributed by atoms with E-state index in [-0.39, 0.29) is 0 Å². The molecule has 3 rings (SSSR count). The summed E-state index contributed by atoms with van der Waals surface area (Å²) >= 11 is 1.62. The quantitative estimate of drug-likeness (QED) is 0.246. The molecule has 2 aromatic rings. The van der Waals surface area contributed by atoms with Gasteiger partial charge in [-0.05, 0) is 125 Å². The topological polar surface area (TPSA) is 25.3 Å². The van der Waals surface area contributed by atoms with Crippen molar-refractivity contribution in [1.82, 2.24) is 0 Å². The molecule has 2 nitrogen and oxygen atoms in total. The van der Waals surface area contributed by atoms with Gasteiger partial charge in [0, 0.05) is 22.3 Å². The van der Waals surface area contributed by atoms with Gasteiger partial charge in [-0.2, -0.15) is 0 Å². The number of hydrogen-bond donors (Lipinski definition) is 0. The molecule has 0 amide bonds. The SMILES string of the molecule is CCCCC1=C(c2cc(C)c(C)c(C)c2)[N+](=[N-])C(c2cc(C)c(C)c(C)c2)=C1CCCC.[CH3][Ni][CH3]. The summed E-state index contributed by atoms with van der Waals surface area (Å²) in [6, 6.07) is 9.00. The van der Waals surface area contributed by atoms with Crippen LogP contribution in [0.2, 0.25) is 11.8 Å². The van der Waals surface area contributed by atoms with Crippen LogP contribution in [-0.2, 0) is 14.4 Å². The standard InChI is InChI=1S/C30H40N2.2CH3.Ni/c1-9-11-13-27-28(14-12-10-2)30(26-17-21(5)24(8)22(6)18-26)32(31)29(27)25-15-19(3)23(7)20(4)16-25;;;/h15-18H,9-14H2,1-8H3;2*1H3;. The molecule has 35 heavy (non-hydrogen) atoms. The number of aryl methyl sites for hydroxylation is 4. The van der Waals surface area contributed by atoms with Gasteiger partial charge in [-0.25, -0.2) is 4.70 Å². The first-order valence-electron chi connectivity index (χ1n) is 13.0. The molecular formula is C32H46N2Ni. The van der Waals surface area contributed by atoms with Crippen LogP contribution in [0.5, 0.6) is 0 Å². The fourth-order valence-corrected chi connectivity index (χ4v) is 4.84. The van der Waals surface area contributed by atoms with Crippen LogP contribution in [0.25, 0.3) is 16.9 Å². The molecule has 3 heteroatoms. The zero-order valence-corrected chi connectivity index (χ0v) is 24.8. The molecule has 2 aromatic carbocycles. The van der Waals surface area contributed by atoms with Crippen LogP contribution in [0.4, 0.5) is 0 Å². The summed E-state index contributed by atoms with van der Waals surface area (Å²) in [6.45, 7) is 17.5. The third kappa shape index (κ3) is 6.62. The summed E-state index contributed by atoms with van der Waals surface area (Å²) < 4.78 is 1.52. The van der Waals surface area contributed by atoms with Crippen LogP contribution in [0.15, 0.2) is 35.4 Å². The van der Waals surface area contributed by atoms with Gasteiger partial charge in [0.05, 0.1) is 0 Å². The Morgan fingerprint density at radius 1 is 0.629 bits per heavy atom. The summed E-state index contributed by atoms with van der Waals surface area (Å²) in [5.41, 5.74) is 26.4. The van der Waals surface area contributed by atoms with Crippen molar-refractivity contribution < 1.29 is 19.1 Å². The van der Waals surface area contributed by atoms with Gasteiger partial charge < -0.3 is 5.53 Å². The van der Waals surface area contributed by atoms with E-state index in [0.29, 0.717) is 0 Å². The number of nitrogens with zero attached hydrogens (tertiary/aromatic N) is 2. The van der Waals surface area contributed by atoms with Gasteiger partial charge in [0.25, 0.3) is 0 Å². The molecular weight excluding hydrogens is 471 g/mol. The van der Waals surface area contributed by atoms with Crippen LogP contribution in [0.1, 0.15) is 96.9 Å². The van der Waals surface area contributed by atoms with Crippen molar-refractivity contribution in [2.24, 2.45) is 0 Å². The predicted octanol–water partition coefficient (Wildman–Crippen LogP) is 10.3. The van der Waals surface area contributed by atoms with Gasteiger partial charge in [-0.1, -0.05) is 26.7 Å². The van der Waals surface area contributed by atoms with Gasteiger partial charge in [0.2, 0.25) is 11.4 Å². The average Bonchev–Trinajstić information content (AvgIpc) is 3.08. The van der Waals surface area contributed by atoms with E-state index < -0.39 is 0 Å². The van der Waals surface area contributed by atoms with E-state index in [2.05, 4.69) is 91.4 Å². The fourth-order valence-electron chi connectivity index (χ4n) is 4.84. The molecule has 0 bridgehead atoms. The normalized spacial score (nSPS) is 13.6. The molecule has 0 aliphatic carbocycles. The number of rotatable bonds is 8. The van der Waals surface area contributed by atoms with Crippen LogP contribution in [0, 0.1) is 41.5 Å². The van der Waals surface area contributed by atoms with Gasteiger partial charge in [-0.3, -0.25) is 0 Å². The van der Waals surface area contributed by atoms with Crippen LogP contribution in [-0.4, -0.2) is 4.70 Å². The fraction of sp³-hybridized carbons (Fsp3) is 0.500. The van der Waals surface area contributed by atoms with Crippen LogP contribution < -0.4 is 0 Å². The van der Waals surface area contributed by atoms with Crippen molar-refractivity contribution in [2.75, 3.05) is 0 Å². The van der Waals surface area contributed by atoms with Gasteiger partial charge >= 0.3 is 26.2 Å². The molecule has 0 N–H and O–H groups in total. The summed E-state index contributed by atoms with van der Waals surface area (Å²) in [5.74, 6) is 4.12. The van der Waals surface area contributed by atoms with Gasteiger partial charge in [0.15, 0.2) is 0 Å². The molecule has 194 valence electrons. The summed E-state index contributed by atoms with van der Waals surface area (Å²) in [6.07, 6.45) is 6.56. The van der Waals surface area contributed by atoms with E-state index in [1.165, 1.54) is 49.2 Å². The Morgan fingerprint density at radius 2 is 0.914 bits per heavy atom. The molecule has 1 heterocycles. The molecule has 0 atom stereocenters. The predicted molar refractivity (Wildman–Crippen MR) is 150 cm³/mol. The van der Waals surface area contributed by atoms with Gasteiger partial charge in [0.1, 0.15) is 0 Å². The van der Waals surface area contributed by atoms with Crippen molar-refractivity contribution in [1.29, 1.82) is 0 Å². The van der Waals surface area contributed by atoms with Crippen molar-refractivity contribution in [3.63, 3.8) is 0 Å². The first-order valence-corrected chi connectivity index (χ1v) is 14.9. The number of unbranched alkanes of at least 4 members (excludes halogenated alkanes) is 2. The number of benzene rings is 2. The zero-order valence-electron chi connectivity index (χ0n) is 23.8. The molecule has 0 saturated heterocycles. The van der Waals surface area contributed by atoms with E-state index in [4.69, 9.17) is 0 Å². The molecule has 0 fully saturated rings. The molecule has 1 aliphatic heterocycles. The van der Waals surface area contributed by atoms with Crippen LogP contribution >= 0.6 is 0 Å². The Kier molecular flexibility index (Phi) is 11.2. The summed E-state index contributed by atoms with van der Waals surface area (Å²) in [4.78, 5) is 0. The Bertz CT molecular complexity index is 1000. The minimum absolute atomic E-state index is 0.988. The molecule has 0 unspecified atom stereocenters. The Hall–Kier alpha value is -1.99. The first-order chi connectivity index (χ1) is 16.6. The van der Waals surface area contributed by atoms with E-state index in [9.17, 15) is 5.53 Å². The number of hydrogen-bond acceptors (Lipinski definition) is 0. The van der Waals surface area contributed by atoms with Crippen molar-refractivity contribution >= 4 is 11.4 Å². The Morgan fingerprint density at radius 3 is 1.17 bits per heavy atom. The maximum atomic E-state index is 11.7. The van der Waals surface area contributed by atoms with Crippen LogP contribution in [0.3, 0.4) is 0 Å². The minimum atomic E-state index is 0.988. The van der Waals surface area contributed by atoms with Crippen molar-refractivity contribution in [3.05, 3.63) is 85.5 Å². The average molecular weight is 517 g/mol. The third-order valence-corrected chi connectivity index (χ3v) is 7.32. The van der Waals surface area contributed by atoms with E-state index >= 15 is 0 Å². The van der Waals surface area contributed by atoms with Crippen molar-refractivity contribution in [3.8, 4) is 0 Å². The van der Waals surface area contributed by atoms with E-state index in [0.717, 1.165) is 61.0 Å². The van der Waals surface area contributed by atoms with E-state index in [1.807, 2.05) is 0 Å². The second-order valence-electron chi connectivity index (χ2n) is 9.96. The van der Waals surface area contributed by atoms with E-state index in [1.54, 1.807) is 14.4 Å². The molecule has 0 spiro atoms. The number of allylic oxidation sites excluding steroid dienone is 2. The zero-order chi connectivity index (χ0) is 26.3. The second kappa shape index (κ2) is 13.4. The second-order valence-corrected chi connectivity index (χ2v) is 10.9. The molecule has 0 saturated carbocycles. The molecule has 1 aliphatic rings. The maximum absolute atomic E-state index is 11.7. The Labute approximate surface area is 221 Å².